The Morgan fingerprint density at radius 3 is 2.59 bits per heavy atom. The first-order chi connectivity index (χ1) is 8.20. The van der Waals surface area contributed by atoms with Crippen LogP contribution < -0.4 is 14.8 Å². The first-order valence-corrected chi connectivity index (χ1v) is 5.92. The molecule has 0 bridgehead atoms. The summed E-state index contributed by atoms with van der Waals surface area (Å²) in [5.74, 6) is 0.847. The Balaban J connectivity index is 2.15. The van der Waals surface area contributed by atoms with Gasteiger partial charge < -0.3 is 14.8 Å². The van der Waals surface area contributed by atoms with Crippen LogP contribution in [0.15, 0.2) is 12.1 Å². The molecule has 0 saturated carbocycles. The predicted octanol–water partition coefficient (Wildman–Crippen LogP) is 2.27. The van der Waals surface area contributed by atoms with E-state index >= 15 is 0 Å². The molecule has 1 fully saturated rings. The fourth-order valence-electron chi connectivity index (χ4n) is 1.98. The number of nitrogens with one attached hydrogen (secondary N) is 1. The quantitative estimate of drug-likeness (QED) is 0.877. The van der Waals surface area contributed by atoms with Crippen molar-refractivity contribution in [2.24, 2.45) is 0 Å². The van der Waals surface area contributed by atoms with Gasteiger partial charge in [-0.15, -0.1) is 0 Å². The van der Waals surface area contributed by atoms with Gasteiger partial charge in [0.2, 0.25) is 0 Å². The standard InChI is InChI=1S/C13H18FNO2/c1-9-7-12(16-2)13(8-11(9)14)17-10-3-5-15-6-4-10/h7-8,10,15H,3-6H2,1-2H3. The minimum absolute atomic E-state index is 0.146. The first kappa shape index (κ1) is 12.2. The molecule has 2 rings (SSSR count). The third kappa shape index (κ3) is 2.88. The lowest BCUT2D eigenvalue weighted by Gasteiger charge is -2.24. The van der Waals surface area contributed by atoms with Crippen molar-refractivity contribution in [2.45, 2.75) is 25.9 Å². The van der Waals surface area contributed by atoms with E-state index in [4.69, 9.17) is 9.47 Å². The van der Waals surface area contributed by atoms with Crippen LogP contribution in [0.3, 0.4) is 0 Å². The molecule has 0 aromatic heterocycles. The molecule has 0 radical (unpaired) electrons. The minimum atomic E-state index is -0.255. The van der Waals surface area contributed by atoms with E-state index in [1.165, 1.54) is 6.07 Å². The molecule has 94 valence electrons. The molecule has 0 spiro atoms. The highest BCUT2D eigenvalue weighted by Gasteiger charge is 2.17. The largest absolute Gasteiger partial charge is 0.493 e. The highest BCUT2D eigenvalue weighted by atomic mass is 19.1. The molecule has 4 heteroatoms. The van der Waals surface area contributed by atoms with Crippen molar-refractivity contribution in [3.63, 3.8) is 0 Å². The summed E-state index contributed by atoms with van der Waals surface area (Å²) < 4.78 is 24.5. The van der Waals surface area contributed by atoms with Crippen molar-refractivity contribution in [3.8, 4) is 11.5 Å². The summed E-state index contributed by atoms with van der Waals surface area (Å²) in [5, 5.41) is 3.26. The summed E-state index contributed by atoms with van der Waals surface area (Å²) in [4.78, 5) is 0. The number of halogens is 1. The highest BCUT2D eigenvalue weighted by molar-refractivity contribution is 5.43. The molecular formula is C13H18FNO2. The van der Waals surface area contributed by atoms with E-state index in [-0.39, 0.29) is 11.9 Å². The topological polar surface area (TPSA) is 30.5 Å². The minimum Gasteiger partial charge on any atom is -0.493 e. The third-order valence-corrected chi connectivity index (χ3v) is 3.02. The average molecular weight is 239 g/mol. The van der Waals surface area contributed by atoms with E-state index in [9.17, 15) is 4.39 Å². The summed E-state index contributed by atoms with van der Waals surface area (Å²) in [6.07, 6.45) is 2.03. The van der Waals surface area contributed by atoms with Crippen molar-refractivity contribution in [3.05, 3.63) is 23.5 Å². The van der Waals surface area contributed by atoms with Gasteiger partial charge in [0.15, 0.2) is 11.5 Å². The molecule has 0 amide bonds. The number of benzene rings is 1. The van der Waals surface area contributed by atoms with Gasteiger partial charge in [-0.05, 0) is 44.5 Å². The van der Waals surface area contributed by atoms with Gasteiger partial charge in [-0.25, -0.2) is 4.39 Å². The number of aryl methyl sites for hydroxylation is 1. The van der Waals surface area contributed by atoms with Gasteiger partial charge in [0.05, 0.1) is 7.11 Å². The van der Waals surface area contributed by atoms with Crippen LogP contribution >= 0.6 is 0 Å². The van der Waals surface area contributed by atoms with Crippen LogP contribution in [-0.2, 0) is 0 Å². The summed E-state index contributed by atoms with van der Waals surface area (Å²) in [6.45, 7) is 3.61. The summed E-state index contributed by atoms with van der Waals surface area (Å²) in [6, 6.07) is 3.09. The van der Waals surface area contributed by atoms with Gasteiger partial charge in [-0.1, -0.05) is 0 Å². The van der Waals surface area contributed by atoms with Gasteiger partial charge >= 0.3 is 0 Å². The molecule has 17 heavy (non-hydrogen) atoms. The van der Waals surface area contributed by atoms with Crippen molar-refractivity contribution in [1.29, 1.82) is 0 Å². The van der Waals surface area contributed by atoms with Crippen molar-refractivity contribution < 1.29 is 13.9 Å². The lowest BCUT2D eigenvalue weighted by atomic mass is 10.1. The second-order valence-electron chi connectivity index (χ2n) is 4.32. The number of hydrogen-bond acceptors (Lipinski definition) is 3. The van der Waals surface area contributed by atoms with Crippen molar-refractivity contribution in [1.82, 2.24) is 5.32 Å². The first-order valence-electron chi connectivity index (χ1n) is 5.92. The predicted molar refractivity (Wildman–Crippen MR) is 64.2 cm³/mol. The number of piperidine rings is 1. The SMILES string of the molecule is COc1cc(C)c(F)cc1OC1CCNCC1. The number of ether oxygens (including phenoxy) is 2. The van der Waals surface area contributed by atoms with Gasteiger partial charge in [-0.2, -0.15) is 0 Å². The Morgan fingerprint density at radius 2 is 1.94 bits per heavy atom. The molecular weight excluding hydrogens is 221 g/mol. The van der Waals surface area contributed by atoms with Crippen LogP contribution in [0.1, 0.15) is 18.4 Å². The average Bonchev–Trinajstić information content (AvgIpc) is 2.35. The maximum atomic E-state index is 13.5. The Bertz CT molecular complexity index is 389. The normalized spacial score (nSPS) is 16.9. The highest BCUT2D eigenvalue weighted by Crippen LogP contribution is 2.31. The van der Waals surface area contributed by atoms with E-state index in [0.717, 1.165) is 25.9 Å². The second-order valence-corrected chi connectivity index (χ2v) is 4.32. The maximum Gasteiger partial charge on any atom is 0.164 e. The van der Waals surface area contributed by atoms with Crippen LogP contribution in [0.5, 0.6) is 11.5 Å². The molecule has 1 aromatic rings. The molecule has 3 nitrogen and oxygen atoms in total. The van der Waals surface area contributed by atoms with Crippen molar-refractivity contribution >= 4 is 0 Å². The monoisotopic (exact) mass is 239 g/mol. The van der Waals surface area contributed by atoms with Gasteiger partial charge in [0.25, 0.3) is 0 Å². The van der Waals surface area contributed by atoms with Gasteiger partial charge in [-0.3, -0.25) is 0 Å². The molecule has 1 saturated heterocycles. The molecule has 1 aromatic carbocycles. The molecule has 0 aliphatic carbocycles. The lowest BCUT2D eigenvalue weighted by Crippen LogP contribution is -2.34. The molecule has 0 atom stereocenters. The van der Waals surface area contributed by atoms with Crippen LogP contribution in [0.2, 0.25) is 0 Å². The zero-order valence-electron chi connectivity index (χ0n) is 10.3. The third-order valence-electron chi connectivity index (χ3n) is 3.02. The molecule has 1 N–H and O–H groups in total. The fraction of sp³-hybridized carbons (Fsp3) is 0.538. The maximum absolute atomic E-state index is 13.5. The summed E-state index contributed by atoms with van der Waals surface area (Å²) in [5.41, 5.74) is 0.569. The zero-order chi connectivity index (χ0) is 12.3. The summed E-state index contributed by atoms with van der Waals surface area (Å²) >= 11 is 0. The number of rotatable bonds is 3. The molecule has 1 heterocycles. The number of methoxy groups -OCH3 is 1. The van der Waals surface area contributed by atoms with E-state index in [1.54, 1.807) is 20.1 Å². The van der Waals surface area contributed by atoms with Gasteiger partial charge in [0, 0.05) is 6.07 Å². The van der Waals surface area contributed by atoms with Gasteiger partial charge in [0.1, 0.15) is 11.9 Å². The Kier molecular flexibility index (Phi) is 3.84. The van der Waals surface area contributed by atoms with Crippen LogP contribution in [-0.4, -0.2) is 26.3 Å². The molecule has 0 unspecified atom stereocenters. The Labute approximate surface area is 101 Å². The smallest absolute Gasteiger partial charge is 0.164 e. The second kappa shape index (κ2) is 5.36. The Hall–Kier alpha value is -1.29. The van der Waals surface area contributed by atoms with E-state index < -0.39 is 0 Å². The Morgan fingerprint density at radius 1 is 1.24 bits per heavy atom. The van der Waals surface area contributed by atoms with E-state index in [2.05, 4.69) is 5.32 Å². The summed E-state index contributed by atoms with van der Waals surface area (Å²) in [7, 11) is 1.57. The van der Waals surface area contributed by atoms with E-state index in [0.29, 0.717) is 17.1 Å². The van der Waals surface area contributed by atoms with Crippen molar-refractivity contribution in [2.75, 3.05) is 20.2 Å². The van der Waals surface area contributed by atoms with Crippen LogP contribution in [0.25, 0.3) is 0 Å². The zero-order valence-corrected chi connectivity index (χ0v) is 10.3. The number of hydrogen-bond donors (Lipinski definition) is 1. The lowest BCUT2D eigenvalue weighted by molar-refractivity contribution is 0.156. The van der Waals surface area contributed by atoms with Crippen LogP contribution in [0, 0.1) is 12.7 Å². The molecule has 1 aliphatic heterocycles. The van der Waals surface area contributed by atoms with Crippen LogP contribution in [0.4, 0.5) is 4.39 Å². The molecule has 1 aliphatic rings. The fourth-order valence-corrected chi connectivity index (χ4v) is 1.98. The van der Waals surface area contributed by atoms with E-state index in [1.807, 2.05) is 0 Å².